The Bertz CT molecular complexity index is 986. The Balaban J connectivity index is 1.63. The minimum absolute atomic E-state index is 0.0772. The molecule has 3 aromatic rings. The molecule has 0 radical (unpaired) electrons. The molecule has 0 saturated heterocycles. The highest BCUT2D eigenvalue weighted by molar-refractivity contribution is 7.99. The fourth-order valence-electron chi connectivity index (χ4n) is 2.48. The molecule has 10 heteroatoms. The Morgan fingerprint density at radius 1 is 1.10 bits per heavy atom. The lowest BCUT2D eigenvalue weighted by atomic mass is 10.2. The van der Waals surface area contributed by atoms with Gasteiger partial charge in [-0.3, -0.25) is 4.79 Å². The number of aromatic nitrogens is 2. The molecule has 152 valence electrons. The third-order valence-corrected chi connectivity index (χ3v) is 4.81. The number of benzene rings is 2. The summed E-state index contributed by atoms with van der Waals surface area (Å²) in [5, 5.41) is 11.5. The molecule has 3 rings (SSSR count). The second-order valence-corrected chi connectivity index (χ2v) is 7.00. The van der Waals surface area contributed by atoms with Crippen molar-refractivity contribution in [2.75, 3.05) is 32.4 Å². The molecule has 2 aromatic carbocycles. The molecule has 0 spiro atoms. The van der Waals surface area contributed by atoms with Gasteiger partial charge in [0.15, 0.2) is 11.5 Å². The van der Waals surface area contributed by atoms with Gasteiger partial charge in [-0.05, 0) is 18.2 Å². The number of rotatable bonds is 8. The fraction of sp³-hybridized carbons (Fsp3) is 0.211. The first-order valence-electron chi connectivity index (χ1n) is 8.36. The largest absolute Gasteiger partial charge is 0.493 e. The number of carbonyl (C=O) groups excluding carboxylic acids is 1. The second-order valence-electron chi connectivity index (χ2n) is 5.63. The Kier molecular flexibility index (Phi) is 6.84. The summed E-state index contributed by atoms with van der Waals surface area (Å²) < 4.78 is 21.4. The summed E-state index contributed by atoms with van der Waals surface area (Å²) in [6, 6.07) is 10.4. The first-order valence-corrected chi connectivity index (χ1v) is 9.72. The molecule has 1 heterocycles. The topological polar surface area (TPSA) is 95.7 Å². The standard InChI is InChI=1S/C19H18ClN3O5S/c1-25-14-8-13(9-15(26-2)17(14)27-3)21-16(24)10-29-19-23-22-18(28-19)11-5-4-6-12(20)7-11/h4-9H,10H2,1-3H3,(H,21,24). The van der Waals surface area contributed by atoms with Crippen LogP contribution in [0.1, 0.15) is 0 Å². The van der Waals surface area contributed by atoms with E-state index < -0.39 is 0 Å². The van der Waals surface area contributed by atoms with E-state index in [4.69, 9.17) is 30.2 Å². The van der Waals surface area contributed by atoms with Crippen LogP contribution >= 0.6 is 23.4 Å². The Morgan fingerprint density at radius 2 is 1.83 bits per heavy atom. The lowest BCUT2D eigenvalue weighted by molar-refractivity contribution is -0.113. The zero-order valence-electron chi connectivity index (χ0n) is 15.9. The van der Waals surface area contributed by atoms with Gasteiger partial charge < -0.3 is 23.9 Å². The number of thioether (sulfide) groups is 1. The van der Waals surface area contributed by atoms with Gasteiger partial charge in [-0.2, -0.15) is 0 Å². The molecular formula is C19H18ClN3O5S. The van der Waals surface area contributed by atoms with Gasteiger partial charge >= 0.3 is 0 Å². The molecule has 0 aliphatic carbocycles. The van der Waals surface area contributed by atoms with Crippen molar-refractivity contribution in [3.05, 3.63) is 41.4 Å². The average molecular weight is 436 g/mol. The van der Waals surface area contributed by atoms with E-state index >= 15 is 0 Å². The minimum atomic E-state index is -0.258. The van der Waals surface area contributed by atoms with E-state index in [1.807, 2.05) is 6.07 Å². The fourth-order valence-corrected chi connectivity index (χ4v) is 3.24. The molecule has 0 fully saturated rings. The summed E-state index contributed by atoms with van der Waals surface area (Å²) >= 11 is 7.09. The molecule has 0 aliphatic heterocycles. The number of nitrogens with zero attached hydrogens (tertiary/aromatic N) is 2. The van der Waals surface area contributed by atoms with Gasteiger partial charge in [0.2, 0.25) is 17.5 Å². The minimum Gasteiger partial charge on any atom is -0.493 e. The highest BCUT2D eigenvalue weighted by Gasteiger charge is 2.16. The van der Waals surface area contributed by atoms with Crippen LogP contribution in [-0.2, 0) is 4.79 Å². The molecular weight excluding hydrogens is 418 g/mol. The lowest BCUT2D eigenvalue weighted by Gasteiger charge is -2.14. The summed E-state index contributed by atoms with van der Waals surface area (Å²) in [6.07, 6.45) is 0. The Hall–Kier alpha value is -2.91. The van der Waals surface area contributed by atoms with Crippen LogP contribution in [0.2, 0.25) is 5.02 Å². The van der Waals surface area contributed by atoms with E-state index in [0.717, 1.165) is 11.8 Å². The van der Waals surface area contributed by atoms with Gasteiger partial charge in [-0.1, -0.05) is 29.4 Å². The van der Waals surface area contributed by atoms with Crippen LogP contribution in [0.3, 0.4) is 0 Å². The maximum absolute atomic E-state index is 12.3. The van der Waals surface area contributed by atoms with Gasteiger partial charge in [0.05, 0.1) is 27.1 Å². The van der Waals surface area contributed by atoms with Crippen LogP contribution in [0.25, 0.3) is 11.5 Å². The predicted molar refractivity (Wildman–Crippen MR) is 110 cm³/mol. The van der Waals surface area contributed by atoms with Crippen LogP contribution in [0.15, 0.2) is 46.0 Å². The van der Waals surface area contributed by atoms with E-state index in [-0.39, 0.29) is 16.9 Å². The molecule has 0 aliphatic rings. The number of hydrogen-bond acceptors (Lipinski definition) is 8. The molecule has 1 N–H and O–H groups in total. The molecule has 1 amide bonds. The molecule has 0 atom stereocenters. The van der Waals surface area contributed by atoms with Gasteiger partial charge in [0.25, 0.3) is 5.22 Å². The van der Waals surface area contributed by atoms with Crippen LogP contribution < -0.4 is 19.5 Å². The zero-order valence-corrected chi connectivity index (χ0v) is 17.5. The highest BCUT2D eigenvalue weighted by Crippen LogP contribution is 2.40. The van der Waals surface area contributed by atoms with Crippen LogP contribution in [-0.4, -0.2) is 43.2 Å². The number of methoxy groups -OCH3 is 3. The number of ether oxygens (including phenoxy) is 3. The van der Waals surface area contributed by atoms with Crippen LogP contribution in [0, 0.1) is 0 Å². The maximum Gasteiger partial charge on any atom is 0.277 e. The number of amides is 1. The van der Waals surface area contributed by atoms with Crippen molar-refractivity contribution in [3.63, 3.8) is 0 Å². The molecule has 0 saturated carbocycles. The molecule has 0 unspecified atom stereocenters. The van der Waals surface area contributed by atoms with Gasteiger partial charge in [-0.25, -0.2) is 0 Å². The summed E-state index contributed by atoms with van der Waals surface area (Å²) in [6.45, 7) is 0. The molecule has 1 aromatic heterocycles. The van der Waals surface area contributed by atoms with Crippen molar-refractivity contribution in [1.82, 2.24) is 10.2 Å². The number of halogens is 1. The number of hydrogen-bond donors (Lipinski definition) is 1. The SMILES string of the molecule is COc1cc(NC(=O)CSc2nnc(-c3cccc(Cl)c3)o2)cc(OC)c1OC. The second kappa shape index (κ2) is 9.53. The van der Waals surface area contributed by atoms with Crippen molar-refractivity contribution < 1.29 is 23.4 Å². The first-order chi connectivity index (χ1) is 14.0. The van der Waals surface area contributed by atoms with E-state index in [1.165, 1.54) is 21.3 Å². The summed E-state index contributed by atoms with van der Waals surface area (Å²) in [4.78, 5) is 12.3. The predicted octanol–water partition coefficient (Wildman–Crippen LogP) is 4.15. The van der Waals surface area contributed by atoms with Crippen molar-refractivity contribution in [3.8, 4) is 28.7 Å². The van der Waals surface area contributed by atoms with Gasteiger partial charge in [-0.15, -0.1) is 10.2 Å². The quantitative estimate of drug-likeness (QED) is 0.527. The summed E-state index contributed by atoms with van der Waals surface area (Å²) in [5.41, 5.74) is 1.22. The third-order valence-electron chi connectivity index (χ3n) is 3.75. The summed E-state index contributed by atoms with van der Waals surface area (Å²) in [7, 11) is 4.52. The van der Waals surface area contributed by atoms with E-state index in [0.29, 0.717) is 39.4 Å². The van der Waals surface area contributed by atoms with Gasteiger partial charge in [0.1, 0.15) is 0 Å². The molecule has 0 bridgehead atoms. The zero-order chi connectivity index (χ0) is 20.8. The normalized spacial score (nSPS) is 10.5. The van der Waals surface area contributed by atoms with Crippen molar-refractivity contribution in [1.29, 1.82) is 0 Å². The smallest absolute Gasteiger partial charge is 0.277 e. The van der Waals surface area contributed by atoms with E-state index in [2.05, 4.69) is 15.5 Å². The molecule has 29 heavy (non-hydrogen) atoms. The van der Waals surface area contributed by atoms with E-state index in [1.54, 1.807) is 30.3 Å². The number of nitrogens with one attached hydrogen (secondary N) is 1. The third kappa shape index (κ3) is 5.12. The highest BCUT2D eigenvalue weighted by atomic mass is 35.5. The lowest BCUT2D eigenvalue weighted by Crippen LogP contribution is -2.14. The number of anilines is 1. The van der Waals surface area contributed by atoms with Crippen LogP contribution in [0.4, 0.5) is 5.69 Å². The Labute approximate surface area is 176 Å². The monoisotopic (exact) mass is 435 g/mol. The average Bonchev–Trinajstić information content (AvgIpc) is 3.20. The van der Waals surface area contributed by atoms with Crippen molar-refractivity contribution in [2.24, 2.45) is 0 Å². The van der Waals surface area contributed by atoms with Crippen molar-refractivity contribution >= 4 is 35.0 Å². The molecule has 8 nitrogen and oxygen atoms in total. The van der Waals surface area contributed by atoms with E-state index in [9.17, 15) is 4.79 Å². The van der Waals surface area contributed by atoms with Crippen LogP contribution in [0.5, 0.6) is 17.2 Å². The van der Waals surface area contributed by atoms with Gasteiger partial charge in [0, 0.05) is 28.4 Å². The first kappa shape index (κ1) is 20.8. The number of carbonyl (C=O) groups is 1. The Morgan fingerprint density at radius 3 is 2.45 bits per heavy atom. The summed E-state index contributed by atoms with van der Waals surface area (Å²) in [5.74, 6) is 1.48. The maximum atomic E-state index is 12.3. The van der Waals surface area contributed by atoms with Crippen molar-refractivity contribution in [2.45, 2.75) is 5.22 Å².